The summed E-state index contributed by atoms with van der Waals surface area (Å²) >= 11 is 0. The van der Waals surface area contributed by atoms with Crippen molar-refractivity contribution in [2.24, 2.45) is 0 Å². The minimum absolute atomic E-state index is 0.0303. The fourth-order valence-electron chi connectivity index (χ4n) is 1.77. The number of carbonyl (C=O) groups is 1. The molecule has 0 aliphatic heterocycles. The zero-order chi connectivity index (χ0) is 13.8. The Hall–Kier alpha value is -1.57. The highest BCUT2D eigenvalue weighted by Crippen LogP contribution is 2.23. The summed E-state index contributed by atoms with van der Waals surface area (Å²) in [7, 11) is 0. The molecule has 1 amide bonds. The van der Waals surface area contributed by atoms with Gasteiger partial charge in [0.15, 0.2) is 0 Å². The normalized spacial score (nSPS) is 13.6. The first-order valence-corrected chi connectivity index (χ1v) is 6.38. The predicted octanol–water partition coefficient (Wildman–Crippen LogP) is 3.74. The van der Waals surface area contributed by atoms with Gasteiger partial charge in [-0.25, -0.2) is 0 Å². The van der Waals surface area contributed by atoms with Gasteiger partial charge < -0.3 is 5.32 Å². The Balaban J connectivity index is 2.76. The van der Waals surface area contributed by atoms with Crippen LogP contribution in [0.5, 0.6) is 0 Å². The first kappa shape index (κ1) is 14.5. The Bertz CT molecular complexity index is 423. The number of hydrogen-bond donors (Lipinski definition) is 1. The van der Waals surface area contributed by atoms with Crippen LogP contribution in [0.3, 0.4) is 0 Å². The number of amides is 1. The molecule has 2 nitrogen and oxygen atoms in total. The zero-order valence-electron chi connectivity index (χ0n) is 11.9. The zero-order valence-corrected chi connectivity index (χ0v) is 11.9. The highest BCUT2D eigenvalue weighted by molar-refractivity contribution is 5.87. The molecule has 98 valence electrons. The van der Waals surface area contributed by atoms with Gasteiger partial charge in [-0.05, 0) is 36.5 Å². The van der Waals surface area contributed by atoms with E-state index in [1.165, 1.54) is 5.56 Å². The van der Waals surface area contributed by atoms with Crippen molar-refractivity contribution < 1.29 is 4.79 Å². The number of allylic oxidation sites excluding steroid dienone is 1. The molecule has 0 saturated heterocycles. The van der Waals surface area contributed by atoms with E-state index in [0.717, 1.165) is 5.56 Å². The quantitative estimate of drug-likeness (QED) is 0.808. The van der Waals surface area contributed by atoms with Crippen molar-refractivity contribution in [1.82, 2.24) is 5.32 Å². The lowest BCUT2D eigenvalue weighted by molar-refractivity contribution is -0.117. The van der Waals surface area contributed by atoms with Gasteiger partial charge in [-0.1, -0.05) is 51.1 Å². The fraction of sp³-hybridized carbons (Fsp3) is 0.438. The van der Waals surface area contributed by atoms with E-state index >= 15 is 0 Å². The molecule has 0 saturated carbocycles. The summed E-state index contributed by atoms with van der Waals surface area (Å²) in [4.78, 5) is 11.5. The number of carbonyl (C=O) groups excluding carboxylic acids is 1. The molecule has 0 heterocycles. The largest absolute Gasteiger partial charge is 0.346 e. The summed E-state index contributed by atoms with van der Waals surface area (Å²) in [6.07, 6.45) is 3.28. The summed E-state index contributed by atoms with van der Waals surface area (Å²) in [5.74, 6) is -0.0510. The van der Waals surface area contributed by atoms with Gasteiger partial charge >= 0.3 is 0 Å². The molecule has 0 bridgehead atoms. The van der Waals surface area contributed by atoms with Crippen LogP contribution in [-0.4, -0.2) is 5.91 Å². The summed E-state index contributed by atoms with van der Waals surface area (Å²) in [5, 5.41) is 2.93. The Kier molecular flexibility index (Phi) is 4.71. The van der Waals surface area contributed by atoms with E-state index < -0.39 is 0 Å². The van der Waals surface area contributed by atoms with Crippen LogP contribution < -0.4 is 5.32 Å². The minimum Gasteiger partial charge on any atom is -0.346 e. The van der Waals surface area contributed by atoms with Crippen LogP contribution in [0, 0.1) is 0 Å². The molecule has 2 heteroatoms. The van der Waals surface area contributed by atoms with E-state index in [9.17, 15) is 4.79 Å². The molecule has 0 aliphatic rings. The average Bonchev–Trinajstić information content (AvgIpc) is 2.28. The second-order valence-corrected chi connectivity index (χ2v) is 5.60. The molecule has 18 heavy (non-hydrogen) atoms. The molecule has 1 aromatic rings. The van der Waals surface area contributed by atoms with Crippen LogP contribution in [0.1, 0.15) is 51.8 Å². The molecule has 0 aromatic heterocycles. The second-order valence-electron chi connectivity index (χ2n) is 5.60. The molecule has 1 aromatic carbocycles. The maximum absolute atomic E-state index is 11.5. The SMILES string of the molecule is C/C=C/C(=O)NC(C)c1ccc(C(C)(C)C)cc1. The van der Waals surface area contributed by atoms with E-state index in [-0.39, 0.29) is 17.4 Å². The van der Waals surface area contributed by atoms with Crippen molar-refractivity contribution in [2.75, 3.05) is 0 Å². The topological polar surface area (TPSA) is 29.1 Å². The smallest absolute Gasteiger partial charge is 0.244 e. The van der Waals surface area contributed by atoms with E-state index in [1.54, 1.807) is 12.2 Å². The van der Waals surface area contributed by atoms with Crippen LogP contribution >= 0.6 is 0 Å². The van der Waals surface area contributed by atoms with E-state index in [0.29, 0.717) is 0 Å². The van der Waals surface area contributed by atoms with E-state index in [4.69, 9.17) is 0 Å². The van der Waals surface area contributed by atoms with Crippen molar-refractivity contribution in [3.05, 3.63) is 47.5 Å². The van der Waals surface area contributed by atoms with Gasteiger partial charge in [0.05, 0.1) is 6.04 Å². The van der Waals surface area contributed by atoms with Gasteiger partial charge in [0.2, 0.25) is 5.91 Å². The van der Waals surface area contributed by atoms with Gasteiger partial charge in [-0.2, -0.15) is 0 Å². The van der Waals surface area contributed by atoms with E-state index in [2.05, 4.69) is 50.4 Å². The molecular weight excluding hydrogens is 222 g/mol. The van der Waals surface area contributed by atoms with Gasteiger partial charge in [0.25, 0.3) is 0 Å². The van der Waals surface area contributed by atoms with Crippen molar-refractivity contribution in [2.45, 2.75) is 46.1 Å². The molecule has 1 N–H and O–H groups in total. The molecule has 0 spiro atoms. The third-order valence-electron chi connectivity index (χ3n) is 2.95. The number of benzene rings is 1. The van der Waals surface area contributed by atoms with Crippen molar-refractivity contribution in [1.29, 1.82) is 0 Å². The number of rotatable bonds is 3. The summed E-state index contributed by atoms with van der Waals surface area (Å²) in [6.45, 7) is 10.4. The monoisotopic (exact) mass is 245 g/mol. The molecule has 1 rings (SSSR count). The minimum atomic E-state index is -0.0510. The lowest BCUT2D eigenvalue weighted by Crippen LogP contribution is -2.24. The van der Waals surface area contributed by atoms with E-state index in [1.807, 2.05) is 13.8 Å². The first-order valence-electron chi connectivity index (χ1n) is 6.38. The van der Waals surface area contributed by atoms with Crippen LogP contribution in [-0.2, 0) is 10.2 Å². The fourth-order valence-corrected chi connectivity index (χ4v) is 1.77. The lowest BCUT2D eigenvalue weighted by Gasteiger charge is -2.20. The Morgan fingerprint density at radius 2 is 1.78 bits per heavy atom. The van der Waals surface area contributed by atoms with Crippen LogP contribution in [0.25, 0.3) is 0 Å². The molecule has 0 radical (unpaired) electrons. The maximum Gasteiger partial charge on any atom is 0.244 e. The maximum atomic E-state index is 11.5. The van der Waals surface area contributed by atoms with Crippen LogP contribution in [0.4, 0.5) is 0 Å². The molecular formula is C16H23NO. The molecule has 1 unspecified atom stereocenters. The van der Waals surface area contributed by atoms with Crippen LogP contribution in [0.2, 0.25) is 0 Å². The van der Waals surface area contributed by atoms with Crippen molar-refractivity contribution >= 4 is 5.91 Å². The Morgan fingerprint density at radius 1 is 1.22 bits per heavy atom. The predicted molar refractivity (Wildman–Crippen MR) is 76.5 cm³/mol. The lowest BCUT2D eigenvalue weighted by atomic mass is 9.86. The molecule has 0 aliphatic carbocycles. The first-order chi connectivity index (χ1) is 8.34. The van der Waals surface area contributed by atoms with Gasteiger partial charge in [-0.3, -0.25) is 4.79 Å². The third kappa shape index (κ3) is 4.02. The summed E-state index contributed by atoms with van der Waals surface area (Å²) in [5.41, 5.74) is 2.59. The Morgan fingerprint density at radius 3 is 2.22 bits per heavy atom. The molecule has 0 fully saturated rings. The standard InChI is InChI=1S/C16H23NO/c1-6-7-15(18)17-12(2)13-8-10-14(11-9-13)16(3,4)5/h6-12H,1-5H3,(H,17,18)/b7-6+. The third-order valence-corrected chi connectivity index (χ3v) is 2.95. The molecule has 1 atom stereocenters. The average molecular weight is 245 g/mol. The number of nitrogens with one attached hydrogen (secondary N) is 1. The van der Waals surface area contributed by atoms with Gasteiger partial charge in [-0.15, -0.1) is 0 Å². The highest BCUT2D eigenvalue weighted by atomic mass is 16.1. The summed E-state index contributed by atoms with van der Waals surface area (Å²) < 4.78 is 0. The van der Waals surface area contributed by atoms with Crippen LogP contribution in [0.15, 0.2) is 36.4 Å². The van der Waals surface area contributed by atoms with Crippen molar-refractivity contribution in [3.63, 3.8) is 0 Å². The van der Waals surface area contributed by atoms with Gasteiger partial charge in [0, 0.05) is 0 Å². The van der Waals surface area contributed by atoms with Crippen molar-refractivity contribution in [3.8, 4) is 0 Å². The Labute approximate surface area is 110 Å². The number of hydrogen-bond acceptors (Lipinski definition) is 1. The van der Waals surface area contributed by atoms with Gasteiger partial charge in [0.1, 0.15) is 0 Å². The summed E-state index contributed by atoms with van der Waals surface area (Å²) in [6, 6.07) is 8.46. The highest BCUT2D eigenvalue weighted by Gasteiger charge is 2.14. The second kappa shape index (κ2) is 5.85.